The minimum absolute atomic E-state index is 0. The molecule has 0 bridgehead atoms. The molecule has 3 heteroatoms. The van der Waals surface area contributed by atoms with Crippen LogP contribution in [0.3, 0.4) is 0 Å². The van der Waals surface area contributed by atoms with Gasteiger partial charge < -0.3 is 24.8 Å². The smallest absolute Gasteiger partial charge is 0.134 e. The summed E-state index contributed by atoms with van der Waals surface area (Å²) in [7, 11) is 0. The fraction of sp³-hybridized carbons (Fsp3) is 0.286. The van der Waals surface area contributed by atoms with Crippen molar-refractivity contribution < 1.29 is 29.7 Å². The van der Waals surface area contributed by atoms with Gasteiger partial charge in [0.1, 0.15) is 18.8 Å². The second-order valence-corrected chi connectivity index (χ2v) is 3.84. The average Bonchev–Trinajstić information content (AvgIpc) is 2.22. The number of hydrogen-bond acceptors (Lipinski definition) is 0. The Morgan fingerprint density at radius 3 is 2.06 bits per heavy atom. The van der Waals surface area contributed by atoms with Crippen LogP contribution in [-0.2, 0) is 0 Å². The summed E-state index contributed by atoms with van der Waals surface area (Å²) in [5, 5.41) is 0. The number of nitrogens with one attached hydrogen (secondary N) is 1. The summed E-state index contributed by atoms with van der Waals surface area (Å²) < 4.78 is 0. The Hall–Kier alpha value is -0.760. The molecule has 1 N–H and O–H groups in total. The highest BCUT2D eigenvalue weighted by Gasteiger charge is 2.12. The summed E-state index contributed by atoms with van der Waals surface area (Å²) in [6.07, 6.45) is 3.92. The number of aryl methyl sites for hydroxylation is 1. The van der Waals surface area contributed by atoms with Gasteiger partial charge in [0.25, 0.3) is 0 Å². The maximum absolute atomic E-state index is 3.81. The van der Waals surface area contributed by atoms with Gasteiger partial charge in [-0.25, -0.2) is 0 Å². The van der Waals surface area contributed by atoms with Crippen LogP contribution in [0.2, 0.25) is 0 Å². The minimum Gasteiger partial charge on any atom is -1.00 e. The molecule has 17 heavy (non-hydrogen) atoms. The summed E-state index contributed by atoms with van der Waals surface area (Å²) in [6, 6.07) is 6.45. The lowest BCUT2D eigenvalue weighted by atomic mass is 10.1. The van der Waals surface area contributed by atoms with Crippen molar-refractivity contribution in [2.75, 3.05) is 13.1 Å². The van der Waals surface area contributed by atoms with Gasteiger partial charge >= 0.3 is 0 Å². The van der Waals surface area contributed by atoms with E-state index in [9.17, 15) is 0 Å². The molecule has 0 fully saturated rings. The molecule has 0 aliphatic heterocycles. The van der Waals surface area contributed by atoms with E-state index in [1.54, 1.807) is 0 Å². The van der Waals surface area contributed by atoms with Crippen LogP contribution in [0.15, 0.2) is 43.5 Å². The number of quaternary nitrogens is 1. The minimum atomic E-state index is 0. The van der Waals surface area contributed by atoms with Crippen molar-refractivity contribution in [3.8, 4) is 0 Å². The predicted octanol–water partition coefficient (Wildman–Crippen LogP) is -3.80. The Bertz CT molecular complexity index is 351. The van der Waals surface area contributed by atoms with Crippen molar-refractivity contribution in [1.29, 1.82) is 0 Å². The molecule has 0 saturated carbocycles. The molecule has 0 aliphatic rings. The first-order valence-electron chi connectivity index (χ1n) is 5.33. The molecule has 0 unspecified atom stereocenters. The molecule has 0 radical (unpaired) electrons. The molecular weight excluding hydrogens is 253 g/mol. The number of benzene rings is 1. The molecule has 0 amide bonds. The topological polar surface area (TPSA) is 4.44 Å². The molecule has 0 aliphatic carbocycles. The zero-order chi connectivity index (χ0) is 11.3. The van der Waals surface area contributed by atoms with Gasteiger partial charge in [0.15, 0.2) is 0 Å². The van der Waals surface area contributed by atoms with Gasteiger partial charge in [-0.1, -0.05) is 25.3 Å². The first-order chi connectivity index (χ1) is 7.20. The second kappa shape index (κ2) is 9.29. The van der Waals surface area contributed by atoms with Gasteiger partial charge in [0, 0.05) is 5.56 Å². The van der Waals surface area contributed by atoms with E-state index >= 15 is 0 Å². The van der Waals surface area contributed by atoms with E-state index in [4.69, 9.17) is 0 Å². The first-order valence-corrected chi connectivity index (χ1v) is 5.33. The van der Waals surface area contributed by atoms with Crippen molar-refractivity contribution in [2.24, 2.45) is 0 Å². The fourth-order valence-electron chi connectivity index (χ4n) is 1.79. The second-order valence-electron chi connectivity index (χ2n) is 3.84. The quantitative estimate of drug-likeness (QED) is 0.525. The number of hydrogen-bond donors (Lipinski definition) is 1. The van der Waals surface area contributed by atoms with E-state index in [0.717, 1.165) is 13.1 Å². The predicted molar refractivity (Wildman–Crippen MR) is 66.7 cm³/mol. The summed E-state index contributed by atoms with van der Waals surface area (Å²) in [4.78, 5) is 1.40. The SMILES string of the molecule is C=CC[NH+](CC=C)c1cccc(C)c1C.[Cl-].[Cl-]. The Morgan fingerprint density at radius 1 is 1.06 bits per heavy atom. The molecule has 1 aromatic carbocycles. The first kappa shape index (κ1) is 18.6. The largest absolute Gasteiger partial charge is 1.00 e. The van der Waals surface area contributed by atoms with Gasteiger partial charge in [-0.2, -0.15) is 0 Å². The van der Waals surface area contributed by atoms with Crippen LogP contribution in [0.5, 0.6) is 0 Å². The van der Waals surface area contributed by atoms with Crippen LogP contribution in [0.25, 0.3) is 0 Å². The summed E-state index contributed by atoms with van der Waals surface area (Å²) in [6.45, 7) is 13.8. The van der Waals surface area contributed by atoms with Gasteiger partial charge in [0.05, 0.1) is 0 Å². The lowest BCUT2D eigenvalue weighted by molar-refractivity contribution is -0.819. The third-order valence-corrected chi connectivity index (χ3v) is 2.77. The van der Waals surface area contributed by atoms with Crippen LogP contribution in [0.4, 0.5) is 5.69 Å². The molecule has 1 rings (SSSR count). The molecule has 1 nitrogen and oxygen atoms in total. The van der Waals surface area contributed by atoms with E-state index in [-0.39, 0.29) is 24.8 Å². The molecule has 0 heterocycles. The highest BCUT2D eigenvalue weighted by Crippen LogP contribution is 2.13. The van der Waals surface area contributed by atoms with Gasteiger partial charge in [-0.05, 0) is 37.6 Å². The van der Waals surface area contributed by atoms with E-state index in [1.807, 2.05) is 12.2 Å². The van der Waals surface area contributed by atoms with Crippen molar-refractivity contribution in [1.82, 2.24) is 0 Å². The maximum atomic E-state index is 3.81. The normalized spacial score (nSPS) is 9.12. The molecule has 1 aromatic rings. The zero-order valence-corrected chi connectivity index (χ0v) is 12.0. The molecule has 0 aromatic heterocycles. The highest BCUT2D eigenvalue weighted by atomic mass is 35.5. The van der Waals surface area contributed by atoms with E-state index in [0.29, 0.717) is 0 Å². The van der Waals surface area contributed by atoms with Crippen molar-refractivity contribution >= 4 is 5.69 Å². The molecule has 0 saturated heterocycles. The Labute approximate surface area is 117 Å². The Morgan fingerprint density at radius 2 is 1.59 bits per heavy atom. The third kappa shape index (κ3) is 4.95. The Balaban J connectivity index is 0. The molecule has 96 valence electrons. The van der Waals surface area contributed by atoms with Gasteiger partial charge in [-0.3, -0.25) is 4.90 Å². The highest BCUT2D eigenvalue weighted by molar-refractivity contribution is 5.43. The third-order valence-electron chi connectivity index (χ3n) is 2.77. The summed E-state index contributed by atoms with van der Waals surface area (Å²) in [5.74, 6) is 0. The van der Waals surface area contributed by atoms with Crippen molar-refractivity contribution in [3.63, 3.8) is 0 Å². The van der Waals surface area contributed by atoms with Crippen LogP contribution in [-0.4, -0.2) is 13.1 Å². The Kier molecular flexibility index (Phi) is 10.2. The maximum Gasteiger partial charge on any atom is 0.134 e. The van der Waals surface area contributed by atoms with Crippen molar-refractivity contribution in [3.05, 3.63) is 54.6 Å². The lowest BCUT2D eigenvalue weighted by Gasteiger charge is -2.18. The number of halogens is 2. The van der Waals surface area contributed by atoms with Crippen LogP contribution >= 0.6 is 0 Å². The zero-order valence-electron chi connectivity index (χ0n) is 10.5. The summed E-state index contributed by atoms with van der Waals surface area (Å²) >= 11 is 0. The molecule has 0 atom stereocenters. The monoisotopic (exact) mass is 272 g/mol. The lowest BCUT2D eigenvalue weighted by Crippen LogP contribution is -3.07. The average molecular weight is 273 g/mol. The van der Waals surface area contributed by atoms with Crippen LogP contribution in [0.1, 0.15) is 11.1 Å². The van der Waals surface area contributed by atoms with Crippen LogP contribution < -0.4 is 29.7 Å². The van der Waals surface area contributed by atoms with Crippen molar-refractivity contribution in [2.45, 2.75) is 13.8 Å². The van der Waals surface area contributed by atoms with Gasteiger partial charge in [-0.15, -0.1) is 0 Å². The standard InChI is InChI=1S/C14H19N.2ClH/c1-5-10-15(11-6-2)14-9-7-8-12(3)13(14)4;;/h5-9H,1-2,10-11H2,3-4H3;2*1H/p-1. The summed E-state index contributed by atoms with van der Waals surface area (Å²) in [5.41, 5.74) is 4.07. The molecular formula is C14H20Cl2N-. The number of rotatable bonds is 5. The van der Waals surface area contributed by atoms with Gasteiger partial charge in [0.2, 0.25) is 0 Å². The molecule has 0 spiro atoms. The van der Waals surface area contributed by atoms with E-state index in [1.165, 1.54) is 21.7 Å². The van der Waals surface area contributed by atoms with E-state index < -0.39 is 0 Å². The van der Waals surface area contributed by atoms with Crippen LogP contribution in [0, 0.1) is 13.8 Å². The van der Waals surface area contributed by atoms with E-state index in [2.05, 4.69) is 45.2 Å². The fourth-order valence-corrected chi connectivity index (χ4v) is 1.79.